The number of amides is 2. The SMILES string of the molecule is COc1cccc(C=NNC(N)=O)c1[OH2+].[Co+2].c1ccncc1. The van der Waals surface area contributed by atoms with Gasteiger partial charge in [-0.1, -0.05) is 12.1 Å². The van der Waals surface area contributed by atoms with Gasteiger partial charge in [0, 0.05) is 12.4 Å². The van der Waals surface area contributed by atoms with E-state index >= 15 is 0 Å². The number of carbonyl (C=O) groups excluding carboxylic acids is 1. The van der Waals surface area contributed by atoms with Crippen LogP contribution in [0.1, 0.15) is 5.56 Å². The molecule has 1 aromatic carbocycles. The maximum atomic E-state index is 10.3. The van der Waals surface area contributed by atoms with Crippen LogP contribution < -0.4 is 15.9 Å². The van der Waals surface area contributed by atoms with Crippen LogP contribution in [0.5, 0.6) is 11.5 Å². The van der Waals surface area contributed by atoms with Gasteiger partial charge in [0.2, 0.25) is 5.75 Å². The van der Waals surface area contributed by atoms with Crippen LogP contribution in [0.25, 0.3) is 0 Å². The molecule has 0 aliphatic rings. The molecule has 1 radical (unpaired) electrons. The number of nitrogens with zero attached hydrogens (tertiary/aromatic N) is 2. The van der Waals surface area contributed by atoms with Gasteiger partial charge in [-0.3, -0.25) is 4.98 Å². The van der Waals surface area contributed by atoms with Gasteiger partial charge in [-0.15, -0.1) is 0 Å². The van der Waals surface area contributed by atoms with Gasteiger partial charge in [0.05, 0.1) is 18.9 Å². The number of pyridine rings is 1. The first kappa shape index (κ1) is 19.4. The van der Waals surface area contributed by atoms with Gasteiger partial charge in [0.25, 0.3) is 0 Å². The Morgan fingerprint density at radius 3 is 2.45 bits per heavy atom. The van der Waals surface area contributed by atoms with E-state index < -0.39 is 6.03 Å². The molecule has 1 heterocycles. The zero-order chi connectivity index (χ0) is 15.5. The molecule has 7 nitrogen and oxygen atoms in total. The van der Waals surface area contributed by atoms with Crippen LogP contribution in [0.3, 0.4) is 0 Å². The summed E-state index contributed by atoms with van der Waals surface area (Å²) in [6, 6.07) is 10.0. The van der Waals surface area contributed by atoms with E-state index in [1.54, 1.807) is 30.6 Å². The van der Waals surface area contributed by atoms with Crippen LogP contribution in [-0.4, -0.2) is 29.4 Å². The molecule has 0 unspecified atom stereocenters. The minimum atomic E-state index is -0.749. The molecule has 0 aliphatic heterocycles. The summed E-state index contributed by atoms with van der Waals surface area (Å²) in [5.41, 5.74) is 7.39. The molecule has 0 aliphatic carbocycles. The van der Waals surface area contributed by atoms with Crippen molar-refractivity contribution >= 4 is 12.2 Å². The summed E-state index contributed by atoms with van der Waals surface area (Å²) < 4.78 is 4.95. The summed E-state index contributed by atoms with van der Waals surface area (Å²) in [6.45, 7) is 0. The molecular weight excluding hydrogens is 331 g/mol. The number of nitrogens with two attached hydrogens (primary N) is 1. The van der Waals surface area contributed by atoms with Gasteiger partial charge in [0.15, 0.2) is 0 Å². The molecular formula is C14H17CoN4O3+3. The van der Waals surface area contributed by atoms with Gasteiger partial charge in [-0.25, -0.2) is 10.2 Å². The Labute approximate surface area is 138 Å². The zero-order valence-corrected chi connectivity index (χ0v) is 12.9. The minimum Gasteiger partial charge on any atom is -0.590 e. The third-order valence-corrected chi connectivity index (χ3v) is 2.22. The largest absolute Gasteiger partial charge is 2.00 e. The van der Waals surface area contributed by atoms with Gasteiger partial charge in [0.1, 0.15) is 0 Å². The molecule has 2 rings (SSSR count). The van der Waals surface area contributed by atoms with Gasteiger partial charge < -0.3 is 15.6 Å². The molecule has 117 valence electrons. The average molecular weight is 348 g/mol. The number of hydrogen-bond donors (Lipinski definition) is 2. The number of benzene rings is 1. The number of urea groups is 1. The fourth-order valence-electron chi connectivity index (χ4n) is 1.30. The second kappa shape index (κ2) is 11.1. The van der Waals surface area contributed by atoms with E-state index in [4.69, 9.17) is 15.6 Å². The molecule has 2 aromatic rings. The van der Waals surface area contributed by atoms with E-state index in [0.717, 1.165) is 0 Å². The Morgan fingerprint density at radius 2 is 2.00 bits per heavy atom. The van der Waals surface area contributed by atoms with Crippen molar-refractivity contribution in [2.45, 2.75) is 0 Å². The summed E-state index contributed by atoms with van der Waals surface area (Å²) in [5.74, 6) is 0.646. The van der Waals surface area contributed by atoms with Crippen LogP contribution in [0.4, 0.5) is 4.79 Å². The molecule has 0 atom stereocenters. The Kier molecular flexibility index (Phi) is 9.81. The van der Waals surface area contributed by atoms with E-state index in [9.17, 15) is 4.79 Å². The van der Waals surface area contributed by atoms with Crippen LogP contribution in [0, 0.1) is 0 Å². The van der Waals surface area contributed by atoms with Crippen molar-refractivity contribution in [3.8, 4) is 11.5 Å². The summed E-state index contributed by atoms with van der Waals surface area (Å²) in [5, 5.41) is 11.2. The second-order valence-corrected chi connectivity index (χ2v) is 3.68. The van der Waals surface area contributed by atoms with Crippen LogP contribution >= 0.6 is 0 Å². The van der Waals surface area contributed by atoms with Crippen molar-refractivity contribution in [1.29, 1.82) is 0 Å². The monoisotopic (exact) mass is 348 g/mol. The fourth-order valence-corrected chi connectivity index (χ4v) is 1.30. The van der Waals surface area contributed by atoms with Crippen LogP contribution in [0.2, 0.25) is 0 Å². The maximum absolute atomic E-state index is 10.3. The Bertz CT molecular complexity index is 567. The number of hydrogen-bond acceptors (Lipinski definition) is 4. The van der Waals surface area contributed by atoms with Crippen molar-refractivity contribution in [3.63, 3.8) is 0 Å². The number of methoxy groups -OCH3 is 1. The summed E-state index contributed by atoms with van der Waals surface area (Å²) >= 11 is 0. The number of para-hydroxylation sites is 1. The number of rotatable bonds is 3. The molecule has 2 amide bonds. The second-order valence-electron chi connectivity index (χ2n) is 3.68. The Morgan fingerprint density at radius 1 is 1.32 bits per heavy atom. The van der Waals surface area contributed by atoms with Crippen LogP contribution in [0.15, 0.2) is 53.9 Å². The number of ether oxygens (including phenoxy) is 1. The van der Waals surface area contributed by atoms with Gasteiger partial charge in [-0.2, -0.15) is 5.10 Å². The molecule has 5 N–H and O–H groups in total. The van der Waals surface area contributed by atoms with Gasteiger partial charge in [-0.05, 0) is 24.3 Å². The number of primary amides is 1. The minimum absolute atomic E-state index is 0. The number of hydrazone groups is 1. The third kappa shape index (κ3) is 7.27. The summed E-state index contributed by atoms with van der Waals surface area (Å²) in [6.07, 6.45) is 4.83. The fraction of sp³-hybridized carbons (Fsp3) is 0.0714. The van der Waals surface area contributed by atoms with Crippen LogP contribution in [-0.2, 0) is 16.8 Å². The van der Waals surface area contributed by atoms with Crippen molar-refractivity contribution in [1.82, 2.24) is 10.4 Å². The standard InChI is InChI=1S/C9H11N3O3.C5H5N.Co/c1-15-7-4-2-3-6(8(7)13)5-11-12-9(10)14;1-2-4-6-5-3-1;/h2-5,13H,1H3,(H3,10,12,14);1-5H;/q;;+2/p+1. The first-order valence-corrected chi connectivity index (χ1v) is 5.97. The van der Waals surface area contributed by atoms with Crippen molar-refractivity contribution < 1.29 is 31.4 Å². The van der Waals surface area contributed by atoms with E-state index in [1.807, 2.05) is 23.6 Å². The maximum Gasteiger partial charge on any atom is 2.00 e. The Balaban J connectivity index is 0.000000529. The molecule has 1 aromatic heterocycles. The first-order chi connectivity index (χ1) is 10.1. The van der Waals surface area contributed by atoms with E-state index in [2.05, 4.69) is 10.1 Å². The zero-order valence-electron chi connectivity index (χ0n) is 11.8. The number of aromatic nitrogens is 1. The number of nitrogens with one attached hydrogen (secondary N) is 1. The molecule has 0 fully saturated rings. The molecule has 0 bridgehead atoms. The summed E-state index contributed by atoms with van der Waals surface area (Å²) in [7, 11) is 1.48. The smallest absolute Gasteiger partial charge is 0.590 e. The third-order valence-electron chi connectivity index (χ3n) is 2.22. The molecule has 0 spiro atoms. The average Bonchev–Trinajstić information content (AvgIpc) is 2.51. The van der Waals surface area contributed by atoms with E-state index in [1.165, 1.54) is 13.3 Å². The quantitative estimate of drug-likeness (QED) is 0.494. The first-order valence-electron chi connectivity index (χ1n) is 5.97. The molecule has 22 heavy (non-hydrogen) atoms. The van der Waals surface area contributed by atoms with Gasteiger partial charge >= 0.3 is 28.6 Å². The normalized spacial score (nSPS) is 9.14. The molecule has 0 saturated carbocycles. The predicted molar refractivity (Wildman–Crippen MR) is 80.6 cm³/mol. The predicted octanol–water partition coefficient (Wildman–Crippen LogP) is 1.21. The van der Waals surface area contributed by atoms with Crippen molar-refractivity contribution in [2.75, 3.05) is 7.11 Å². The summed E-state index contributed by atoms with van der Waals surface area (Å²) in [4.78, 5) is 14.1. The number of carbonyl (C=O) groups is 1. The van der Waals surface area contributed by atoms with E-state index in [-0.39, 0.29) is 22.5 Å². The van der Waals surface area contributed by atoms with E-state index in [0.29, 0.717) is 11.3 Å². The van der Waals surface area contributed by atoms with Crippen molar-refractivity contribution in [3.05, 3.63) is 54.4 Å². The Hall–Kier alpha value is -2.58. The molecule has 8 heteroatoms. The topological polar surface area (TPSA) is 113 Å². The molecule has 0 saturated heterocycles. The van der Waals surface area contributed by atoms with Crippen molar-refractivity contribution in [2.24, 2.45) is 10.8 Å².